The van der Waals surface area contributed by atoms with Gasteiger partial charge in [-0.1, -0.05) is 29.8 Å². The van der Waals surface area contributed by atoms with Crippen molar-refractivity contribution in [3.63, 3.8) is 0 Å². The van der Waals surface area contributed by atoms with Crippen molar-refractivity contribution < 1.29 is 21.9 Å². The molecular weight excluding hydrogens is 348 g/mol. The Hall–Kier alpha value is -1.99. The number of halogens is 2. The van der Waals surface area contributed by atoms with Crippen LogP contribution in [0.15, 0.2) is 41.3 Å². The van der Waals surface area contributed by atoms with E-state index in [1.807, 2.05) is 19.1 Å². The molecule has 0 aliphatic rings. The zero-order valence-corrected chi connectivity index (χ0v) is 15.3. The first kappa shape index (κ1) is 19.3. The Balaban J connectivity index is 2.29. The monoisotopic (exact) mass is 369 g/mol. The molecule has 7 heteroatoms. The number of ether oxygens (including phenoxy) is 1. The van der Waals surface area contributed by atoms with Crippen LogP contribution in [0, 0.1) is 20.8 Å². The lowest BCUT2D eigenvalue weighted by atomic mass is 10.1. The topological polar surface area (TPSA) is 55.4 Å². The Labute approximate surface area is 146 Å². The van der Waals surface area contributed by atoms with Crippen LogP contribution in [0.3, 0.4) is 0 Å². The van der Waals surface area contributed by atoms with Crippen LogP contribution in [-0.2, 0) is 10.0 Å². The van der Waals surface area contributed by atoms with Crippen LogP contribution >= 0.6 is 0 Å². The van der Waals surface area contributed by atoms with E-state index in [2.05, 4.69) is 9.46 Å². The summed E-state index contributed by atoms with van der Waals surface area (Å²) in [6, 6.07) is 9.00. The van der Waals surface area contributed by atoms with E-state index >= 15 is 0 Å². The highest BCUT2D eigenvalue weighted by atomic mass is 32.2. The average molecular weight is 369 g/mol. The molecule has 0 spiro atoms. The second-order valence-electron chi connectivity index (χ2n) is 6.02. The van der Waals surface area contributed by atoms with Gasteiger partial charge in [-0.05, 0) is 56.5 Å². The second-order valence-corrected chi connectivity index (χ2v) is 7.67. The molecule has 0 fully saturated rings. The Morgan fingerprint density at radius 3 is 2.20 bits per heavy atom. The molecule has 0 bridgehead atoms. The number of sulfonamides is 1. The first-order valence-corrected chi connectivity index (χ1v) is 9.23. The number of rotatable bonds is 6. The molecule has 0 aliphatic heterocycles. The first-order valence-electron chi connectivity index (χ1n) is 7.75. The van der Waals surface area contributed by atoms with Crippen molar-refractivity contribution >= 4 is 10.0 Å². The van der Waals surface area contributed by atoms with Gasteiger partial charge in [0.15, 0.2) is 0 Å². The van der Waals surface area contributed by atoms with Gasteiger partial charge in [0.25, 0.3) is 0 Å². The predicted octanol–water partition coefficient (Wildman–Crippen LogP) is 4.25. The van der Waals surface area contributed by atoms with Gasteiger partial charge in [-0.25, -0.2) is 13.1 Å². The molecule has 2 aromatic rings. The summed E-state index contributed by atoms with van der Waals surface area (Å²) in [6.45, 7) is 4.12. The molecule has 1 unspecified atom stereocenters. The van der Waals surface area contributed by atoms with Crippen molar-refractivity contribution in [2.45, 2.75) is 45.2 Å². The molecule has 136 valence electrons. The molecule has 0 saturated heterocycles. The SMILES string of the molecule is Cc1cc(C)c(S(=O)(=O)NC(C)c2cccc(OC(F)F)c2)c(C)c1. The van der Waals surface area contributed by atoms with Gasteiger partial charge in [0.2, 0.25) is 10.0 Å². The van der Waals surface area contributed by atoms with Gasteiger partial charge in [0.05, 0.1) is 4.90 Å². The highest BCUT2D eigenvalue weighted by molar-refractivity contribution is 7.89. The van der Waals surface area contributed by atoms with Crippen LogP contribution in [0.25, 0.3) is 0 Å². The highest BCUT2D eigenvalue weighted by Crippen LogP contribution is 2.25. The Morgan fingerprint density at radius 2 is 1.64 bits per heavy atom. The lowest BCUT2D eigenvalue weighted by Crippen LogP contribution is -2.28. The van der Waals surface area contributed by atoms with Crippen LogP contribution in [0.5, 0.6) is 5.75 Å². The maximum Gasteiger partial charge on any atom is 0.387 e. The smallest absolute Gasteiger partial charge is 0.387 e. The summed E-state index contributed by atoms with van der Waals surface area (Å²) in [6.07, 6.45) is 0. The number of nitrogens with one attached hydrogen (secondary N) is 1. The number of aryl methyl sites for hydroxylation is 3. The normalized spacial score (nSPS) is 13.1. The lowest BCUT2D eigenvalue weighted by molar-refractivity contribution is -0.0499. The van der Waals surface area contributed by atoms with Crippen molar-refractivity contribution in [1.82, 2.24) is 4.72 Å². The molecule has 25 heavy (non-hydrogen) atoms. The second kappa shape index (κ2) is 7.49. The third-order valence-corrected chi connectivity index (χ3v) is 5.63. The maximum absolute atomic E-state index is 12.8. The molecule has 1 atom stereocenters. The average Bonchev–Trinajstić information content (AvgIpc) is 2.44. The van der Waals surface area contributed by atoms with Crippen LogP contribution in [-0.4, -0.2) is 15.0 Å². The van der Waals surface area contributed by atoms with Crippen molar-refractivity contribution in [3.8, 4) is 5.75 Å². The van der Waals surface area contributed by atoms with Gasteiger partial charge in [-0.2, -0.15) is 8.78 Å². The van der Waals surface area contributed by atoms with E-state index < -0.39 is 22.7 Å². The number of benzene rings is 2. The molecule has 0 radical (unpaired) electrons. The van der Waals surface area contributed by atoms with Gasteiger partial charge in [0, 0.05) is 6.04 Å². The van der Waals surface area contributed by atoms with Gasteiger partial charge in [-0.3, -0.25) is 0 Å². The van der Waals surface area contributed by atoms with Gasteiger partial charge < -0.3 is 4.74 Å². The van der Waals surface area contributed by atoms with Gasteiger partial charge >= 0.3 is 6.61 Å². The van der Waals surface area contributed by atoms with E-state index in [4.69, 9.17) is 0 Å². The molecule has 0 heterocycles. The van der Waals surface area contributed by atoms with Gasteiger partial charge in [0.1, 0.15) is 5.75 Å². The van der Waals surface area contributed by atoms with Crippen LogP contribution < -0.4 is 9.46 Å². The molecule has 1 N–H and O–H groups in total. The van der Waals surface area contributed by atoms with Crippen LogP contribution in [0.2, 0.25) is 0 Å². The Kier molecular flexibility index (Phi) is 5.80. The fourth-order valence-corrected chi connectivity index (χ4v) is 4.60. The van der Waals surface area contributed by atoms with E-state index in [1.165, 1.54) is 12.1 Å². The summed E-state index contributed by atoms with van der Waals surface area (Å²) in [7, 11) is -3.76. The van der Waals surface area contributed by atoms with Crippen molar-refractivity contribution in [1.29, 1.82) is 0 Å². The summed E-state index contributed by atoms with van der Waals surface area (Å²) >= 11 is 0. The van der Waals surface area contributed by atoms with Crippen LogP contribution in [0.1, 0.15) is 35.2 Å². The summed E-state index contributed by atoms with van der Waals surface area (Å²) in [5, 5.41) is 0. The third kappa shape index (κ3) is 4.76. The molecule has 2 aromatic carbocycles. The molecule has 0 saturated carbocycles. The summed E-state index contributed by atoms with van der Waals surface area (Å²) in [4.78, 5) is 0.241. The maximum atomic E-state index is 12.8. The summed E-state index contributed by atoms with van der Waals surface area (Å²) < 4.78 is 57.2. The molecule has 0 amide bonds. The Bertz CT molecular complexity index is 843. The van der Waals surface area contributed by atoms with E-state index in [0.717, 1.165) is 5.56 Å². The number of hydrogen-bond acceptors (Lipinski definition) is 3. The standard InChI is InChI=1S/C18H21F2NO3S/c1-11-8-12(2)17(13(3)9-11)25(22,23)21-14(4)15-6-5-7-16(10-15)24-18(19)20/h5-10,14,18,21H,1-4H3. The van der Waals surface area contributed by atoms with E-state index in [1.54, 1.807) is 32.9 Å². The van der Waals surface area contributed by atoms with E-state index in [0.29, 0.717) is 16.7 Å². The third-order valence-electron chi connectivity index (χ3n) is 3.79. The van der Waals surface area contributed by atoms with Crippen molar-refractivity contribution in [3.05, 3.63) is 58.7 Å². The first-order chi connectivity index (χ1) is 11.6. The molecule has 0 aliphatic carbocycles. The number of alkyl halides is 2. The van der Waals surface area contributed by atoms with Crippen molar-refractivity contribution in [2.75, 3.05) is 0 Å². The quantitative estimate of drug-likeness (QED) is 0.828. The minimum absolute atomic E-state index is 0.0127. The zero-order chi connectivity index (χ0) is 18.8. The molecular formula is C18H21F2NO3S. The molecule has 2 rings (SSSR count). The Morgan fingerprint density at radius 1 is 1.04 bits per heavy atom. The largest absolute Gasteiger partial charge is 0.435 e. The fraction of sp³-hybridized carbons (Fsp3) is 0.333. The molecule has 0 aromatic heterocycles. The van der Waals surface area contributed by atoms with E-state index in [9.17, 15) is 17.2 Å². The van der Waals surface area contributed by atoms with Crippen molar-refractivity contribution in [2.24, 2.45) is 0 Å². The summed E-state index contributed by atoms with van der Waals surface area (Å²) in [5.74, 6) is -0.0127. The lowest BCUT2D eigenvalue weighted by Gasteiger charge is -2.18. The predicted molar refractivity (Wildman–Crippen MR) is 92.5 cm³/mol. The fourth-order valence-electron chi connectivity index (χ4n) is 2.91. The van der Waals surface area contributed by atoms with Crippen LogP contribution in [0.4, 0.5) is 8.78 Å². The molecule has 4 nitrogen and oxygen atoms in total. The zero-order valence-electron chi connectivity index (χ0n) is 14.5. The minimum atomic E-state index is -3.76. The minimum Gasteiger partial charge on any atom is -0.435 e. The van der Waals surface area contributed by atoms with Gasteiger partial charge in [-0.15, -0.1) is 0 Å². The number of hydrogen-bond donors (Lipinski definition) is 1. The highest BCUT2D eigenvalue weighted by Gasteiger charge is 2.23. The summed E-state index contributed by atoms with van der Waals surface area (Å²) in [5.41, 5.74) is 2.84. The van der Waals surface area contributed by atoms with E-state index in [-0.39, 0.29) is 10.6 Å².